The van der Waals surface area contributed by atoms with E-state index in [9.17, 15) is 0 Å². The zero-order valence-electron chi connectivity index (χ0n) is 7.76. The first kappa shape index (κ1) is 11.1. The van der Waals surface area contributed by atoms with Gasteiger partial charge in [-0.25, -0.2) is 0 Å². The van der Waals surface area contributed by atoms with Crippen molar-refractivity contribution in [2.45, 2.75) is 32.9 Å². The normalized spacial score (nSPS) is 15.9. The third kappa shape index (κ3) is 6.45. The molecule has 0 saturated carbocycles. The predicted octanol–water partition coefficient (Wildman–Crippen LogP) is 2.29. The summed E-state index contributed by atoms with van der Waals surface area (Å²) in [6.45, 7) is 10.2. The molecule has 0 aromatic heterocycles. The van der Waals surface area contributed by atoms with Gasteiger partial charge in [0.2, 0.25) is 0 Å². The van der Waals surface area contributed by atoms with E-state index in [-0.39, 0.29) is 0 Å². The second-order valence-corrected chi connectivity index (χ2v) is 4.07. The second-order valence-electron chi connectivity index (χ2n) is 2.75. The average molecular weight is 173 g/mol. The standard InChI is InChI=1S/C9H19NS/c1-5-8(3)10-9(4)7-11-6-2/h5,8-10H,1,6-7H2,2-4H3. The molecule has 0 fully saturated rings. The number of rotatable bonds is 6. The third-order valence-corrected chi connectivity index (χ3v) is 2.62. The third-order valence-electron chi connectivity index (χ3n) is 1.47. The summed E-state index contributed by atoms with van der Waals surface area (Å²) in [7, 11) is 0. The quantitative estimate of drug-likeness (QED) is 0.619. The summed E-state index contributed by atoms with van der Waals surface area (Å²) in [6.07, 6.45) is 1.94. The van der Waals surface area contributed by atoms with Crippen molar-refractivity contribution in [2.24, 2.45) is 0 Å². The monoisotopic (exact) mass is 173 g/mol. The van der Waals surface area contributed by atoms with Gasteiger partial charge in [-0.2, -0.15) is 11.8 Å². The van der Waals surface area contributed by atoms with Crippen molar-refractivity contribution in [3.63, 3.8) is 0 Å². The molecule has 0 amide bonds. The highest BCUT2D eigenvalue weighted by Crippen LogP contribution is 2.01. The van der Waals surface area contributed by atoms with Crippen LogP contribution < -0.4 is 5.32 Å². The molecular weight excluding hydrogens is 154 g/mol. The first-order valence-corrected chi connectivity index (χ1v) is 5.32. The molecule has 0 aliphatic carbocycles. The van der Waals surface area contributed by atoms with Crippen molar-refractivity contribution >= 4 is 11.8 Å². The molecule has 2 heteroatoms. The van der Waals surface area contributed by atoms with Crippen LogP contribution in [0.5, 0.6) is 0 Å². The molecule has 2 atom stereocenters. The van der Waals surface area contributed by atoms with E-state index in [4.69, 9.17) is 0 Å². The molecule has 2 unspecified atom stereocenters. The summed E-state index contributed by atoms with van der Waals surface area (Å²) >= 11 is 1.97. The van der Waals surface area contributed by atoms with Gasteiger partial charge in [0, 0.05) is 17.8 Å². The van der Waals surface area contributed by atoms with Crippen LogP contribution in [0.15, 0.2) is 12.7 Å². The lowest BCUT2D eigenvalue weighted by molar-refractivity contribution is 0.556. The van der Waals surface area contributed by atoms with Gasteiger partial charge < -0.3 is 5.32 Å². The van der Waals surface area contributed by atoms with Gasteiger partial charge >= 0.3 is 0 Å². The molecule has 0 aliphatic heterocycles. The van der Waals surface area contributed by atoms with E-state index in [0.29, 0.717) is 12.1 Å². The maximum atomic E-state index is 3.72. The maximum Gasteiger partial charge on any atom is 0.0221 e. The van der Waals surface area contributed by atoms with E-state index in [1.807, 2.05) is 17.8 Å². The highest BCUT2D eigenvalue weighted by molar-refractivity contribution is 7.99. The van der Waals surface area contributed by atoms with Crippen LogP contribution in [0.4, 0.5) is 0 Å². The fraction of sp³-hybridized carbons (Fsp3) is 0.778. The summed E-state index contributed by atoms with van der Waals surface area (Å²) in [4.78, 5) is 0. The predicted molar refractivity (Wildman–Crippen MR) is 55.3 cm³/mol. The van der Waals surface area contributed by atoms with Gasteiger partial charge in [0.15, 0.2) is 0 Å². The Morgan fingerprint density at radius 2 is 2.18 bits per heavy atom. The Morgan fingerprint density at radius 3 is 2.64 bits per heavy atom. The van der Waals surface area contributed by atoms with Gasteiger partial charge in [-0.1, -0.05) is 13.0 Å². The minimum atomic E-state index is 0.433. The van der Waals surface area contributed by atoms with Gasteiger partial charge in [-0.3, -0.25) is 0 Å². The zero-order chi connectivity index (χ0) is 8.69. The fourth-order valence-corrected chi connectivity index (χ4v) is 1.55. The smallest absolute Gasteiger partial charge is 0.0221 e. The number of hydrogen-bond acceptors (Lipinski definition) is 2. The van der Waals surface area contributed by atoms with Crippen LogP contribution >= 0.6 is 11.8 Å². The molecule has 0 heterocycles. The first-order chi connectivity index (χ1) is 5.20. The lowest BCUT2D eigenvalue weighted by Crippen LogP contribution is -2.34. The van der Waals surface area contributed by atoms with Crippen LogP contribution in [0, 0.1) is 0 Å². The summed E-state index contributed by atoms with van der Waals surface area (Å²) < 4.78 is 0. The Hall–Kier alpha value is 0.0500. The molecule has 0 saturated heterocycles. The Morgan fingerprint density at radius 1 is 1.55 bits per heavy atom. The van der Waals surface area contributed by atoms with Gasteiger partial charge in [-0.15, -0.1) is 6.58 Å². The molecule has 1 nitrogen and oxygen atoms in total. The summed E-state index contributed by atoms with van der Waals surface area (Å²) in [5, 5.41) is 3.43. The summed E-state index contributed by atoms with van der Waals surface area (Å²) in [5.41, 5.74) is 0. The molecule has 11 heavy (non-hydrogen) atoms. The minimum Gasteiger partial charge on any atom is -0.308 e. The number of hydrogen-bond donors (Lipinski definition) is 1. The molecule has 1 N–H and O–H groups in total. The Kier molecular flexibility index (Phi) is 6.77. The second kappa shape index (κ2) is 6.74. The summed E-state index contributed by atoms with van der Waals surface area (Å²) in [5.74, 6) is 2.39. The van der Waals surface area contributed by atoms with Crippen molar-refractivity contribution in [3.8, 4) is 0 Å². The maximum absolute atomic E-state index is 3.72. The lowest BCUT2D eigenvalue weighted by atomic mass is 10.3. The van der Waals surface area contributed by atoms with Gasteiger partial charge in [0.25, 0.3) is 0 Å². The summed E-state index contributed by atoms with van der Waals surface area (Å²) in [6, 6.07) is 1.02. The van der Waals surface area contributed by atoms with Crippen LogP contribution in [0.3, 0.4) is 0 Å². The van der Waals surface area contributed by atoms with E-state index >= 15 is 0 Å². The van der Waals surface area contributed by atoms with E-state index in [1.54, 1.807) is 0 Å². The Labute approximate surface area is 74.6 Å². The Balaban J connectivity index is 3.34. The fourth-order valence-electron chi connectivity index (χ4n) is 0.860. The average Bonchev–Trinajstić information content (AvgIpc) is 2.00. The van der Waals surface area contributed by atoms with Gasteiger partial charge in [0.05, 0.1) is 0 Å². The number of nitrogens with one attached hydrogen (secondary N) is 1. The SMILES string of the molecule is C=CC(C)NC(C)CSCC. The first-order valence-electron chi connectivity index (χ1n) is 4.17. The zero-order valence-corrected chi connectivity index (χ0v) is 8.58. The molecule has 0 rings (SSSR count). The molecule has 0 aliphatic rings. The highest BCUT2D eigenvalue weighted by Gasteiger charge is 2.02. The van der Waals surface area contributed by atoms with Gasteiger partial charge in [0.1, 0.15) is 0 Å². The van der Waals surface area contributed by atoms with E-state index in [0.717, 1.165) is 0 Å². The van der Waals surface area contributed by atoms with E-state index in [1.165, 1.54) is 11.5 Å². The van der Waals surface area contributed by atoms with E-state index in [2.05, 4.69) is 32.7 Å². The van der Waals surface area contributed by atoms with Crippen LogP contribution in [0.1, 0.15) is 20.8 Å². The highest BCUT2D eigenvalue weighted by atomic mass is 32.2. The van der Waals surface area contributed by atoms with Crippen LogP contribution in [-0.4, -0.2) is 23.6 Å². The minimum absolute atomic E-state index is 0.433. The largest absolute Gasteiger partial charge is 0.308 e. The van der Waals surface area contributed by atoms with Crippen LogP contribution in [0.25, 0.3) is 0 Å². The molecular formula is C9H19NS. The lowest BCUT2D eigenvalue weighted by Gasteiger charge is -2.16. The van der Waals surface area contributed by atoms with Crippen molar-refractivity contribution in [2.75, 3.05) is 11.5 Å². The topological polar surface area (TPSA) is 12.0 Å². The van der Waals surface area contributed by atoms with Crippen LogP contribution in [0.2, 0.25) is 0 Å². The van der Waals surface area contributed by atoms with Gasteiger partial charge in [-0.05, 0) is 19.6 Å². The van der Waals surface area contributed by atoms with Crippen molar-refractivity contribution in [1.82, 2.24) is 5.32 Å². The molecule has 0 spiro atoms. The molecule has 66 valence electrons. The van der Waals surface area contributed by atoms with Crippen LogP contribution in [-0.2, 0) is 0 Å². The van der Waals surface area contributed by atoms with Crippen molar-refractivity contribution in [3.05, 3.63) is 12.7 Å². The molecule has 0 radical (unpaired) electrons. The molecule has 0 aromatic carbocycles. The molecule has 0 aromatic rings. The Bertz CT molecular complexity index is 104. The van der Waals surface area contributed by atoms with Crippen molar-refractivity contribution < 1.29 is 0 Å². The van der Waals surface area contributed by atoms with Crippen molar-refractivity contribution in [1.29, 1.82) is 0 Å². The number of thioether (sulfide) groups is 1. The molecule has 0 bridgehead atoms. The van der Waals surface area contributed by atoms with E-state index < -0.39 is 0 Å².